The van der Waals surface area contributed by atoms with Crippen LogP contribution in [0.2, 0.25) is 0 Å². The Balaban J connectivity index is 2.42. The average molecular weight is 350 g/mol. The van der Waals surface area contributed by atoms with E-state index >= 15 is 0 Å². The van der Waals surface area contributed by atoms with Gasteiger partial charge < -0.3 is 0 Å². The first-order valence-electron chi connectivity index (χ1n) is 8.60. The van der Waals surface area contributed by atoms with Crippen molar-refractivity contribution in [2.24, 2.45) is 0 Å². The van der Waals surface area contributed by atoms with E-state index in [9.17, 15) is 9.90 Å². The number of hydrogen-bond acceptors (Lipinski definition) is 1. The third-order valence-corrected chi connectivity index (χ3v) is 10.3. The van der Waals surface area contributed by atoms with Gasteiger partial charge in [-0.2, -0.15) is 0 Å². The fraction of sp³-hybridized carbons (Fsp3) is 0.136. The Hall–Kier alpha value is -2.44. The van der Waals surface area contributed by atoms with Crippen molar-refractivity contribution in [2.45, 2.75) is 19.0 Å². The predicted octanol–water partition coefficient (Wildman–Crippen LogP) is 3.58. The van der Waals surface area contributed by atoms with Crippen molar-refractivity contribution in [3.63, 3.8) is 0 Å². The predicted molar refractivity (Wildman–Crippen MR) is 108 cm³/mol. The summed E-state index contributed by atoms with van der Waals surface area (Å²) >= 11 is 0. The molecule has 1 N–H and O–H groups in total. The minimum absolute atomic E-state index is 0.431. The molecule has 0 heterocycles. The first kappa shape index (κ1) is 17.4. The van der Waals surface area contributed by atoms with E-state index in [-0.39, 0.29) is 0 Å². The van der Waals surface area contributed by atoms with Crippen LogP contribution in [0, 0.1) is 0 Å². The summed E-state index contributed by atoms with van der Waals surface area (Å²) in [5.41, 5.74) is -0.431. The summed E-state index contributed by atoms with van der Waals surface area (Å²) in [6.45, 7) is 1.98. The molecule has 128 valence electrons. The molecular weight excluding hydrogens is 327 g/mol. The van der Waals surface area contributed by atoms with Crippen LogP contribution in [0.15, 0.2) is 91.0 Å². The molecular formula is C22H23O2P. The van der Waals surface area contributed by atoms with Crippen molar-refractivity contribution in [2.75, 3.05) is 0 Å². The fourth-order valence-electron chi connectivity index (χ4n) is 3.87. The zero-order valence-electron chi connectivity index (χ0n) is 14.3. The average Bonchev–Trinajstić information content (AvgIpc) is 2.68. The molecule has 0 fully saturated rings. The van der Waals surface area contributed by atoms with Gasteiger partial charge in [-0.25, -0.2) is 0 Å². The van der Waals surface area contributed by atoms with Gasteiger partial charge in [-0.05, 0) is 0 Å². The van der Waals surface area contributed by atoms with Gasteiger partial charge in [-0.1, -0.05) is 0 Å². The van der Waals surface area contributed by atoms with Crippen LogP contribution in [0.3, 0.4) is 0 Å². The van der Waals surface area contributed by atoms with Crippen LogP contribution in [-0.2, 0) is 4.79 Å². The van der Waals surface area contributed by atoms with Gasteiger partial charge in [-0.15, -0.1) is 0 Å². The van der Waals surface area contributed by atoms with Crippen LogP contribution in [0.25, 0.3) is 0 Å². The second-order valence-electron chi connectivity index (χ2n) is 6.21. The van der Waals surface area contributed by atoms with Gasteiger partial charge in [0.05, 0.1) is 0 Å². The van der Waals surface area contributed by atoms with Crippen LogP contribution in [-0.4, -0.2) is 16.7 Å². The van der Waals surface area contributed by atoms with Crippen LogP contribution in [0.1, 0.15) is 13.3 Å². The SMILES string of the molecule is CCC(C(=O)O)[PH](c1ccccc1)(c1ccccc1)c1ccccc1. The van der Waals surface area contributed by atoms with Gasteiger partial charge in [0.15, 0.2) is 0 Å². The van der Waals surface area contributed by atoms with Gasteiger partial charge in [0, 0.05) is 0 Å². The molecule has 1 unspecified atom stereocenters. The van der Waals surface area contributed by atoms with Crippen molar-refractivity contribution in [3.8, 4) is 0 Å². The zero-order valence-corrected chi connectivity index (χ0v) is 15.3. The molecule has 3 heteroatoms. The Bertz CT molecular complexity index is 720. The van der Waals surface area contributed by atoms with E-state index in [4.69, 9.17) is 0 Å². The maximum absolute atomic E-state index is 12.3. The standard InChI is InChI=1S/C22H23O2P/c1-2-21(22(23)24)25(18-12-6-3-7-13-18,19-14-8-4-9-15-19)20-16-10-5-11-17-20/h3-17,21,25H,2H2,1H3,(H,23,24). The van der Waals surface area contributed by atoms with E-state index in [1.807, 2.05) is 61.5 Å². The van der Waals surface area contributed by atoms with Gasteiger partial charge in [0.1, 0.15) is 0 Å². The Morgan fingerprint density at radius 1 is 0.760 bits per heavy atom. The molecule has 0 radical (unpaired) electrons. The summed E-state index contributed by atoms with van der Waals surface area (Å²) in [5.74, 6) is -0.717. The molecule has 25 heavy (non-hydrogen) atoms. The van der Waals surface area contributed by atoms with E-state index in [1.165, 1.54) is 0 Å². The molecule has 0 aromatic heterocycles. The topological polar surface area (TPSA) is 37.3 Å². The number of carbonyl (C=O) groups is 1. The van der Waals surface area contributed by atoms with Crippen molar-refractivity contribution < 1.29 is 9.90 Å². The van der Waals surface area contributed by atoms with Crippen LogP contribution in [0.5, 0.6) is 0 Å². The van der Waals surface area contributed by atoms with E-state index in [2.05, 4.69) is 36.4 Å². The van der Waals surface area contributed by atoms with Crippen molar-refractivity contribution in [3.05, 3.63) is 91.0 Å². The normalized spacial score (nSPS) is 13.2. The van der Waals surface area contributed by atoms with Gasteiger partial charge >= 0.3 is 149 Å². The number of carboxylic acids is 1. The number of hydrogen-bond donors (Lipinski definition) is 1. The summed E-state index contributed by atoms with van der Waals surface area (Å²) in [6.07, 6.45) is 0.597. The molecule has 2 nitrogen and oxygen atoms in total. The molecule has 0 aliphatic heterocycles. The second kappa shape index (κ2) is 7.63. The molecule has 0 saturated carbocycles. The Morgan fingerprint density at radius 2 is 1.08 bits per heavy atom. The maximum atomic E-state index is 12.3. The summed E-state index contributed by atoms with van der Waals surface area (Å²) in [6, 6.07) is 30.6. The quantitative estimate of drug-likeness (QED) is 0.690. The summed E-state index contributed by atoms with van der Waals surface area (Å²) in [5, 5.41) is 13.5. The molecule has 0 bridgehead atoms. The van der Waals surface area contributed by atoms with Gasteiger partial charge in [-0.3, -0.25) is 0 Å². The Labute approximate surface area is 149 Å². The molecule has 3 aromatic rings. The van der Waals surface area contributed by atoms with Crippen molar-refractivity contribution >= 4 is 29.1 Å². The van der Waals surface area contributed by atoms with E-state index in [1.54, 1.807) is 0 Å². The number of aliphatic carboxylic acids is 1. The summed E-state index contributed by atoms with van der Waals surface area (Å²) < 4.78 is 0. The van der Waals surface area contributed by atoms with Crippen molar-refractivity contribution in [1.82, 2.24) is 0 Å². The third-order valence-electron chi connectivity index (χ3n) is 4.92. The molecule has 3 aromatic carbocycles. The second-order valence-corrected chi connectivity index (χ2v) is 10.3. The molecule has 1 atom stereocenters. The first-order valence-corrected chi connectivity index (χ1v) is 10.7. The molecule has 0 spiro atoms. The van der Waals surface area contributed by atoms with Crippen LogP contribution < -0.4 is 15.9 Å². The van der Waals surface area contributed by atoms with Crippen LogP contribution in [0.4, 0.5) is 0 Å². The van der Waals surface area contributed by atoms with E-state index in [0.717, 1.165) is 15.9 Å². The zero-order chi connectivity index (χ0) is 17.7. The molecule has 0 amide bonds. The summed E-state index contributed by atoms with van der Waals surface area (Å²) in [7, 11) is -2.72. The number of benzene rings is 3. The summed E-state index contributed by atoms with van der Waals surface area (Å²) in [4.78, 5) is 12.3. The Kier molecular flexibility index (Phi) is 5.31. The van der Waals surface area contributed by atoms with E-state index < -0.39 is 18.9 Å². The number of rotatable bonds is 6. The van der Waals surface area contributed by atoms with Crippen LogP contribution >= 0.6 is 7.26 Å². The Morgan fingerprint density at radius 3 is 1.32 bits per heavy atom. The fourth-order valence-corrected chi connectivity index (χ4v) is 9.22. The monoisotopic (exact) mass is 350 g/mol. The third kappa shape index (κ3) is 3.10. The number of carboxylic acid groups (broad SMARTS) is 1. The molecule has 0 aliphatic rings. The van der Waals surface area contributed by atoms with Gasteiger partial charge in [0.2, 0.25) is 0 Å². The van der Waals surface area contributed by atoms with E-state index in [0.29, 0.717) is 6.42 Å². The molecule has 3 rings (SSSR count). The van der Waals surface area contributed by atoms with Gasteiger partial charge in [0.25, 0.3) is 0 Å². The first-order chi connectivity index (χ1) is 12.2. The minimum atomic E-state index is -2.72. The molecule has 0 aliphatic carbocycles. The molecule has 0 saturated heterocycles. The van der Waals surface area contributed by atoms with Crippen molar-refractivity contribution in [1.29, 1.82) is 0 Å².